The van der Waals surface area contributed by atoms with Gasteiger partial charge in [-0.1, -0.05) is 0 Å². The Kier molecular flexibility index (Phi) is 6.96. The van der Waals surface area contributed by atoms with Gasteiger partial charge in [0.1, 0.15) is 11.3 Å². The second kappa shape index (κ2) is 9.10. The number of amides is 2. The zero-order valence-corrected chi connectivity index (χ0v) is 20.9. The van der Waals surface area contributed by atoms with Crippen LogP contribution in [0.25, 0.3) is 0 Å². The van der Waals surface area contributed by atoms with Gasteiger partial charge < -0.3 is 29.0 Å². The number of nitrogens with zero attached hydrogens (tertiary/aromatic N) is 3. The quantitative estimate of drug-likeness (QED) is 0.637. The SMILES string of the molecule is COc1nc(B2OC(C)(C)C(C)(C)O2)cnc1CN(C[C@@H]1CCC(=O)N1)C(=O)OC(C)(C)C. The second-order valence-corrected chi connectivity index (χ2v) is 10.5. The number of ether oxygens (including phenoxy) is 2. The predicted molar refractivity (Wildman–Crippen MR) is 122 cm³/mol. The normalized spacial score (nSPS) is 21.6. The highest BCUT2D eigenvalue weighted by Crippen LogP contribution is 2.36. The van der Waals surface area contributed by atoms with Crippen LogP contribution in [-0.2, 0) is 25.4 Å². The monoisotopic (exact) mass is 462 g/mol. The fourth-order valence-corrected chi connectivity index (χ4v) is 3.55. The van der Waals surface area contributed by atoms with Crippen molar-refractivity contribution in [2.45, 2.75) is 90.7 Å². The number of hydrogen-bond donors (Lipinski definition) is 1. The minimum absolute atomic E-state index is 0.0201. The Morgan fingerprint density at radius 3 is 2.42 bits per heavy atom. The maximum absolute atomic E-state index is 12.9. The van der Waals surface area contributed by atoms with Crippen LogP contribution in [0.15, 0.2) is 6.20 Å². The molecule has 0 unspecified atom stereocenters. The molecular formula is C22H35BN4O6. The highest BCUT2D eigenvalue weighted by Gasteiger charge is 2.52. The van der Waals surface area contributed by atoms with Crippen LogP contribution in [0.3, 0.4) is 0 Å². The van der Waals surface area contributed by atoms with E-state index < -0.39 is 30.0 Å². The predicted octanol–water partition coefficient (Wildman–Crippen LogP) is 1.80. The summed E-state index contributed by atoms with van der Waals surface area (Å²) in [5, 5.41) is 2.89. The number of carbonyl (C=O) groups is 2. The molecule has 2 amide bonds. The molecule has 2 saturated heterocycles. The molecule has 2 aliphatic heterocycles. The van der Waals surface area contributed by atoms with E-state index in [2.05, 4.69) is 15.3 Å². The standard InChI is InChI=1S/C22H35BN4O6/c1-20(2,3)31-19(29)27(12-14-9-10-17(28)25-14)13-15-18(30-8)26-16(11-24-15)23-32-21(4,5)22(6,7)33-23/h11,14H,9-10,12-13H2,1-8H3,(H,25,28)/t14-/m0/s1. The molecule has 0 radical (unpaired) electrons. The molecule has 2 aliphatic rings. The topological polar surface area (TPSA) is 112 Å². The first kappa shape index (κ1) is 25.2. The van der Waals surface area contributed by atoms with E-state index in [1.165, 1.54) is 12.0 Å². The van der Waals surface area contributed by atoms with Crippen LogP contribution in [0.2, 0.25) is 0 Å². The van der Waals surface area contributed by atoms with Crippen LogP contribution in [0.1, 0.15) is 67.0 Å². The Morgan fingerprint density at radius 2 is 1.91 bits per heavy atom. The molecular weight excluding hydrogens is 427 g/mol. The Hall–Kier alpha value is -2.40. The average Bonchev–Trinajstić information content (AvgIpc) is 3.19. The Balaban J connectivity index is 1.81. The molecule has 11 heteroatoms. The first-order chi connectivity index (χ1) is 15.2. The maximum Gasteiger partial charge on any atom is 0.516 e. The summed E-state index contributed by atoms with van der Waals surface area (Å²) in [5.41, 5.74) is -0.728. The lowest BCUT2D eigenvalue weighted by atomic mass is 9.85. The molecule has 0 saturated carbocycles. The minimum atomic E-state index is -0.680. The van der Waals surface area contributed by atoms with Crippen molar-refractivity contribution in [1.82, 2.24) is 20.2 Å². The van der Waals surface area contributed by atoms with Crippen LogP contribution in [0.4, 0.5) is 4.79 Å². The van der Waals surface area contributed by atoms with Crippen LogP contribution in [0, 0.1) is 0 Å². The van der Waals surface area contributed by atoms with Gasteiger partial charge in [-0.15, -0.1) is 0 Å². The molecule has 1 aromatic heterocycles. The lowest BCUT2D eigenvalue weighted by Gasteiger charge is -2.32. The first-order valence-corrected chi connectivity index (χ1v) is 11.2. The summed E-state index contributed by atoms with van der Waals surface area (Å²) in [6.07, 6.45) is 2.17. The molecule has 1 aromatic rings. The summed E-state index contributed by atoms with van der Waals surface area (Å²) in [7, 11) is 0.817. The molecule has 3 heterocycles. The van der Waals surface area contributed by atoms with Gasteiger partial charge in [0.25, 0.3) is 0 Å². The van der Waals surface area contributed by atoms with Gasteiger partial charge in [0, 0.05) is 25.2 Å². The van der Waals surface area contributed by atoms with E-state index in [0.29, 0.717) is 30.7 Å². The van der Waals surface area contributed by atoms with E-state index in [0.717, 1.165) is 0 Å². The van der Waals surface area contributed by atoms with Gasteiger partial charge in [-0.05, 0) is 54.9 Å². The Labute approximate surface area is 195 Å². The average molecular weight is 462 g/mol. The smallest absolute Gasteiger partial charge is 0.480 e. The van der Waals surface area contributed by atoms with Crippen LogP contribution in [0.5, 0.6) is 5.88 Å². The van der Waals surface area contributed by atoms with E-state index in [-0.39, 0.29) is 24.4 Å². The highest BCUT2D eigenvalue weighted by atomic mass is 16.7. The van der Waals surface area contributed by atoms with E-state index in [9.17, 15) is 9.59 Å². The molecule has 0 aromatic carbocycles. The van der Waals surface area contributed by atoms with Crippen molar-refractivity contribution in [1.29, 1.82) is 0 Å². The third-order valence-corrected chi connectivity index (χ3v) is 6.04. The molecule has 182 valence electrons. The number of nitrogens with one attached hydrogen (secondary N) is 1. The van der Waals surface area contributed by atoms with Gasteiger partial charge in [-0.3, -0.25) is 9.78 Å². The number of aromatic nitrogens is 2. The summed E-state index contributed by atoms with van der Waals surface area (Å²) in [4.78, 5) is 35.1. The summed E-state index contributed by atoms with van der Waals surface area (Å²) in [6.45, 7) is 13.7. The Bertz CT molecular complexity index is 885. The van der Waals surface area contributed by atoms with Gasteiger partial charge in [-0.2, -0.15) is 0 Å². The van der Waals surface area contributed by atoms with E-state index in [1.54, 1.807) is 27.0 Å². The van der Waals surface area contributed by atoms with Crippen molar-refractivity contribution in [3.8, 4) is 5.88 Å². The van der Waals surface area contributed by atoms with E-state index in [1.807, 2.05) is 27.7 Å². The number of hydrogen-bond acceptors (Lipinski definition) is 8. The van der Waals surface area contributed by atoms with Crippen molar-refractivity contribution < 1.29 is 28.4 Å². The molecule has 1 N–H and O–H groups in total. The van der Waals surface area contributed by atoms with Crippen molar-refractivity contribution >= 4 is 24.7 Å². The van der Waals surface area contributed by atoms with Crippen molar-refractivity contribution in [2.24, 2.45) is 0 Å². The zero-order chi connectivity index (χ0) is 24.6. The molecule has 0 bridgehead atoms. The molecule has 0 spiro atoms. The highest BCUT2D eigenvalue weighted by molar-refractivity contribution is 6.61. The van der Waals surface area contributed by atoms with E-state index >= 15 is 0 Å². The molecule has 10 nitrogen and oxygen atoms in total. The molecule has 0 aliphatic carbocycles. The molecule has 2 fully saturated rings. The molecule has 3 rings (SSSR count). The third-order valence-electron chi connectivity index (χ3n) is 6.04. The van der Waals surface area contributed by atoms with Gasteiger partial charge in [0.05, 0.1) is 30.4 Å². The van der Waals surface area contributed by atoms with Crippen LogP contribution in [-0.4, -0.2) is 70.5 Å². The number of methoxy groups -OCH3 is 1. The van der Waals surface area contributed by atoms with Gasteiger partial charge in [-0.25, -0.2) is 9.78 Å². The summed E-state index contributed by atoms with van der Waals surface area (Å²) in [5.74, 6) is 0.250. The van der Waals surface area contributed by atoms with Crippen LogP contribution >= 0.6 is 0 Å². The summed E-state index contributed by atoms with van der Waals surface area (Å²) < 4.78 is 23.2. The first-order valence-electron chi connectivity index (χ1n) is 11.2. The number of rotatable bonds is 6. The Morgan fingerprint density at radius 1 is 1.27 bits per heavy atom. The second-order valence-electron chi connectivity index (χ2n) is 10.5. The zero-order valence-electron chi connectivity index (χ0n) is 20.9. The summed E-state index contributed by atoms with van der Waals surface area (Å²) in [6, 6.07) is -0.145. The molecule has 33 heavy (non-hydrogen) atoms. The van der Waals surface area contributed by atoms with Gasteiger partial charge >= 0.3 is 13.2 Å². The van der Waals surface area contributed by atoms with E-state index in [4.69, 9.17) is 18.8 Å². The lowest BCUT2D eigenvalue weighted by Crippen LogP contribution is -2.44. The van der Waals surface area contributed by atoms with Crippen molar-refractivity contribution in [2.75, 3.05) is 13.7 Å². The maximum atomic E-state index is 12.9. The van der Waals surface area contributed by atoms with Gasteiger partial charge in [0.15, 0.2) is 0 Å². The minimum Gasteiger partial charge on any atom is -0.480 e. The number of carbonyl (C=O) groups excluding carboxylic acids is 2. The molecule has 1 atom stereocenters. The van der Waals surface area contributed by atoms with Crippen molar-refractivity contribution in [3.63, 3.8) is 0 Å². The third kappa shape index (κ3) is 5.94. The summed E-state index contributed by atoms with van der Waals surface area (Å²) >= 11 is 0. The fraction of sp³-hybridized carbons (Fsp3) is 0.727. The van der Waals surface area contributed by atoms with Gasteiger partial charge in [0.2, 0.25) is 11.8 Å². The largest absolute Gasteiger partial charge is 0.516 e. The lowest BCUT2D eigenvalue weighted by molar-refractivity contribution is -0.119. The van der Waals surface area contributed by atoms with Crippen LogP contribution < -0.4 is 15.6 Å². The fourth-order valence-electron chi connectivity index (χ4n) is 3.55. The van der Waals surface area contributed by atoms with Crippen molar-refractivity contribution in [3.05, 3.63) is 11.9 Å².